The minimum absolute atomic E-state index is 0.462. The van der Waals surface area contributed by atoms with Gasteiger partial charge in [0, 0.05) is 5.56 Å². The van der Waals surface area contributed by atoms with Crippen LogP contribution in [0, 0.1) is 0 Å². The molecule has 0 aliphatic heterocycles. The topological polar surface area (TPSA) is 46.2 Å². The molecule has 0 fully saturated rings. The van der Waals surface area contributed by atoms with E-state index in [2.05, 4.69) is 0 Å². The highest BCUT2D eigenvalue weighted by Crippen LogP contribution is 2.26. The highest BCUT2D eigenvalue weighted by molar-refractivity contribution is 6.33. The molecule has 0 spiro atoms. The van der Waals surface area contributed by atoms with E-state index in [1.54, 1.807) is 25.1 Å². The van der Waals surface area contributed by atoms with Crippen molar-refractivity contribution in [2.75, 3.05) is 5.73 Å². The Labute approximate surface area is 70.6 Å². The summed E-state index contributed by atoms with van der Waals surface area (Å²) < 4.78 is 0. The summed E-state index contributed by atoms with van der Waals surface area (Å²) in [6, 6.07) is 5.22. The number of rotatable bonds is 1. The van der Waals surface area contributed by atoms with Crippen molar-refractivity contribution in [1.29, 1.82) is 0 Å². The zero-order chi connectivity index (χ0) is 8.43. The normalized spacial score (nSPS) is 13.0. The van der Waals surface area contributed by atoms with Gasteiger partial charge in [0.25, 0.3) is 0 Å². The maximum atomic E-state index is 9.19. The minimum atomic E-state index is -0.561. The quantitative estimate of drug-likeness (QED) is 0.635. The molecule has 1 aromatic rings. The van der Waals surface area contributed by atoms with Gasteiger partial charge in [0.05, 0.1) is 16.8 Å². The molecule has 1 aromatic carbocycles. The zero-order valence-electron chi connectivity index (χ0n) is 6.21. The van der Waals surface area contributed by atoms with Crippen LogP contribution >= 0.6 is 11.6 Å². The van der Waals surface area contributed by atoms with Crippen molar-refractivity contribution < 1.29 is 5.11 Å². The molecule has 0 amide bonds. The maximum absolute atomic E-state index is 9.19. The summed E-state index contributed by atoms with van der Waals surface area (Å²) in [5.74, 6) is 0. The van der Waals surface area contributed by atoms with E-state index < -0.39 is 6.10 Å². The number of hydrogen-bond donors (Lipinski definition) is 2. The second kappa shape index (κ2) is 3.11. The molecule has 3 heteroatoms. The van der Waals surface area contributed by atoms with E-state index in [0.717, 1.165) is 0 Å². The summed E-state index contributed by atoms with van der Waals surface area (Å²) in [5, 5.41) is 9.68. The number of aliphatic hydroxyl groups excluding tert-OH is 1. The number of benzene rings is 1. The second-order valence-corrected chi connectivity index (χ2v) is 2.83. The van der Waals surface area contributed by atoms with Gasteiger partial charge in [-0.15, -0.1) is 0 Å². The summed E-state index contributed by atoms with van der Waals surface area (Å²) in [7, 11) is 0. The third kappa shape index (κ3) is 1.64. The monoisotopic (exact) mass is 171 g/mol. The van der Waals surface area contributed by atoms with Gasteiger partial charge in [0.15, 0.2) is 0 Å². The molecule has 0 saturated carbocycles. The number of nitrogen functional groups attached to an aromatic ring is 1. The van der Waals surface area contributed by atoms with Gasteiger partial charge in [-0.2, -0.15) is 0 Å². The van der Waals surface area contributed by atoms with Crippen LogP contribution in [0.1, 0.15) is 18.6 Å². The Balaban J connectivity index is 3.17. The third-order valence-corrected chi connectivity index (χ3v) is 1.87. The highest BCUT2D eigenvalue weighted by Gasteiger charge is 2.06. The third-order valence-electron chi connectivity index (χ3n) is 1.54. The van der Waals surface area contributed by atoms with Crippen LogP contribution in [0.25, 0.3) is 0 Å². The molecule has 3 N–H and O–H groups in total. The van der Waals surface area contributed by atoms with Crippen LogP contribution in [0.15, 0.2) is 18.2 Å². The van der Waals surface area contributed by atoms with Gasteiger partial charge < -0.3 is 10.8 Å². The van der Waals surface area contributed by atoms with Crippen LogP contribution < -0.4 is 5.73 Å². The molecule has 2 nitrogen and oxygen atoms in total. The second-order valence-electron chi connectivity index (χ2n) is 2.42. The first-order valence-corrected chi connectivity index (χ1v) is 3.72. The minimum Gasteiger partial charge on any atom is -0.397 e. The van der Waals surface area contributed by atoms with E-state index in [4.69, 9.17) is 17.3 Å². The molecular weight excluding hydrogens is 162 g/mol. The van der Waals surface area contributed by atoms with E-state index >= 15 is 0 Å². The molecule has 0 bridgehead atoms. The summed E-state index contributed by atoms with van der Waals surface area (Å²) >= 11 is 5.72. The fraction of sp³-hybridized carbons (Fsp3) is 0.250. The Hall–Kier alpha value is -0.730. The van der Waals surface area contributed by atoms with Gasteiger partial charge in [-0.25, -0.2) is 0 Å². The number of hydrogen-bond acceptors (Lipinski definition) is 2. The van der Waals surface area contributed by atoms with E-state index in [9.17, 15) is 5.11 Å². The zero-order valence-corrected chi connectivity index (χ0v) is 6.97. The molecule has 0 heterocycles. The average Bonchev–Trinajstić information content (AvgIpc) is 1.94. The van der Waals surface area contributed by atoms with E-state index in [-0.39, 0.29) is 0 Å². The summed E-state index contributed by atoms with van der Waals surface area (Å²) in [4.78, 5) is 0. The van der Waals surface area contributed by atoms with Gasteiger partial charge in [-0.3, -0.25) is 0 Å². The molecular formula is C8H10ClNO. The lowest BCUT2D eigenvalue weighted by atomic mass is 10.1. The van der Waals surface area contributed by atoms with Gasteiger partial charge in [-0.1, -0.05) is 23.7 Å². The Bertz CT molecular complexity index is 260. The maximum Gasteiger partial charge on any atom is 0.0782 e. The van der Waals surface area contributed by atoms with Gasteiger partial charge >= 0.3 is 0 Å². The number of anilines is 1. The molecule has 60 valence electrons. The smallest absolute Gasteiger partial charge is 0.0782 e. The van der Waals surface area contributed by atoms with Crippen molar-refractivity contribution in [3.05, 3.63) is 28.8 Å². The van der Waals surface area contributed by atoms with Crippen molar-refractivity contribution in [3.63, 3.8) is 0 Å². The fourth-order valence-corrected chi connectivity index (χ4v) is 1.10. The van der Waals surface area contributed by atoms with Crippen LogP contribution in [-0.2, 0) is 0 Å². The number of para-hydroxylation sites is 1. The van der Waals surface area contributed by atoms with Gasteiger partial charge in [-0.05, 0) is 13.0 Å². The van der Waals surface area contributed by atoms with Crippen molar-refractivity contribution in [2.24, 2.45) is 0 Å². The first-order chi connectivity index (χ1) is 5.13. The van der Waals surface area contributed by atoms with E-state index in [0.29, 0.717) is 16.3 Å². The molecule has 11 heavy (non-hydrogen) atoms. The predicted molar refractivity (Wildman–Crippen MR) is 46.5 cm³/mol. The molecule has 0 aliphatic carbocycles. The molecule has 0 aliphatic rings. The van der Waals surface area contributed by atoms with E-state index in [1.807, 2.05) is 0 Å². The first-order valence-electron chi connectivity index (χ1n) is 3.35. The highest BCUT2D eigenvalue weighted by atomic mass is 35.5. The van der Waals surface area contributed by atoms with Crippen molar-refractivity contribution in [3.8, 4) is 0 Å². The lowest BCUT2D eigenvalue weighted by Gasteiger charge is -2.08. The molecule has 0 aromatic heterocycles. The summed E-state index contributed by atoms with van der Waals surface area (Å²) in [6.07, 6.45) is -0.561. The lowest BCUT2D eigenvalue weighted by molar-refractivity contribution is 0.200. The molecule has 1 rings (SSSR count). The molecule has 1 unspecified atom stereocenters. The number of aliphatic hydroxyl groups is 1. The Kier molecular flexibility index (Phi) is 2.37. The largest absolute Gasteiger partial charge is 0.397 e. The van der Waals surface area contributed by atoms with Gasteiger partial charge in [0.1, 0.15) is 0 Å². The Morgan fingerprint density at radius 1 is 1.55 bits per heavy atom. The van der Waals surface area contributed by atoms with Crippen LogP contribution in [0.3, 0.4) is 0 Å². The Morgan fingerprint density at radius 3 is 2.64 bits per heavy atom. The molecule has 0 radical (unpaired) electrons. The fourth-order valence-electron chi connectivity index (χ4n) is 0.918. The average molecular weight is 172 g/mol. The number of halogens is 1. The summed E-state index contributed by atoms with van der Waals surface area (Å²) in [5.41, 5.74) is 6.73. The van der Waals surface area contributed by atoms with Crippen LogP contribution in [0.2, 0.25) is 5.02 Å². The van der Waals surface area contributed by atoms with E-state index in [1.165, 1.54) is 0 Å². The van der Waals surface area contributed by atoms with Crippen molar-refractivity contribution in [1.82, 2.24) is 0 Å². The van der Waals surface area contributed by atoms with Crippen LogP contribution in [-0.4, -0.2) is 5.11 Å². The standard InChI is InChI=1S/C8H10ClNO/c1-5(11)6-3-2-4-7(9)8(6)10/h2-5,11H,10H2,1H3. The molecule has 1 atom stereocenters. The summed E-state index contributed by atoms with van der Waals surface area (Å²) in [6.45, 7) is 1.65. The first kappa shape index (κ1) is 8.37. The van der Waals surface area contributed by atoms with Gasteiger partial charge in [0.2, 0.25) is 0 Å². The molecule has 0 saturated heterocycles. The van der Waals surface area contributed by atoms with Crippen molar-refractivity contribution in [2.45, 2.75) is 13.0 Å². The predicted octanol–water partition coefficient (Wildman–Crippen LogP) is 1.98. The SMILES string of the molecule is CC(O)c1cccc(Cl)c1N. The lowest BCUT2D eigenvalue weighted by Crippen LogP contribution is -1.98. The van der Waals surface area contributed by atoms with Crippen LogP contribution in [0.5, 0.6) is 0 Å². The Morgan fingerprint density at radius 2 is 2.18 bits per heavy atom. The van der Waals surface area contributed by atoms with Crippen molar-refractivity contribution >= 4 is 17.3 Å². The van der Waals surface area contributed by atoms with Crippen LogP contribution in [0.4, 0.5) is 5.69 Å². The number of nitrogens with two attached hydrogens (primary N) is 1.